The first kappa shape index (κ1) is 16.6. The minimum atomic E-state index is -3.08. The molecule has 0 radical (unpaired) electrons. The zero-order chi connectivity index (χ0) is 17.4. The first-order valence-corrected chi connectivity index (χ1v) is 10.8. The van der Waals surface area contributed by atoms with E-state index in [0.29, 0.717) is 0 Å². The summed E-state index contributed by atoms with van der Waals surface area (Å²) in [5.41, 5.74) is 1.96. The Morgan fingerprint density at radius 2 is 1.80 bits per heavy atom. The van der Waals surface area contributed by atoms with Crippen LogP contribution >= 0.6 is 11.8 Å². The summed E-state index contributed by atoms with van der Waals surface area (Å²) in [6.45, 7) is 0. The summed E-state index contributed by atoms with van der Waals surface area (Å²) in [7, 11) is -3.08. The highest BCUT2D eigenvalue weighted by Crippen LogP contribution is 2.35. The van der Waals surface area contributed by atoms with Crippen molar-refractivity contribution < 1.29 is 12.8 Å². The Morgan fingerprint density at radius 1 is 1.08 bits per heavy atom. The van der Waals surface area contributed by atoms with Gasteiger partial charge in [-0.05, 0) is 29.8 Å². The van der Waals surface area contributed by atoms with Crippen molar-refractivity contribution >= 4 is 32.5 Å². The van der Waals surface area contributed by atoms with Gasteiger partial charge in [0.1, 0.15) is 5.82 Å². The molecule has 1 saturated heterocycles. The zero-order valence-electron chi connectivity index (χ0n) is 13.4. The SMILES string of the molecule is O=S1(=O)C[C@@H]2[C@@H](C1)N=C(SCc1ccccc1)N2c1ccc(F)cc1. The maximum atomic E-state index is 13.3. The number of sulfone groups is 1. The maximum Gasteiger partial charge on any atom is 0.164 e. The van der Waals surface area contributed by atoms with Crippen molar-refractivity contribution in [3.05, 3.63) is 66.0 Å². The van der Waals surface area contributed by atoms with Gasteiger partial charge in [0.25, 0.3) is 0 Å². The van der Waals surface area contributed by atoms with Crippen LogP contribution in [-0.4, -0.2) is 37.2 Å². The topological polar surface area (TPSA) is 49.7 Å². The minimum Gasteiger partial charge on any atom is -0.315 e. The van der Waals surface area contributed by atoms with Gasteiger partial charge >= 0.3 is 0 Å². The maximum absolute atomic E-state index is 13.3. The standard InChI is InChI=1S/C18H17FN2O2S2/c19-14-6-8-15(9-7-14)21-17-12-25(22,23)11-16(17)20-18(21)24-10-13-4-2-1-3-5-13/h1-9,16-17H,10-12H2/t16-,17-/m1/s1. The lowest BCUT2D eigenvalue weighted by Crippen LogP contribution is -2.39. The molecule has 2 aromatic carbocycles. The largest absolute Gasteiger partial charge is 0.315 e. The molecule has 2 aliphatic heterocycles. The predicted molar refractivity (Wildman–Crippen MR) is 100 cm³/mol. The van der Waals surface area contributed by atoms with Gasteiger partial charge in [-0.3, -0.25) is 4.99 Å². The molecular formula is C18H17FN2O2S2. The third-order valence-electron chi connectivity index (χ3n) is 4.42. The third-order valence-corrected chi connectivity index (χ3v) is 7.16. The fraction of sp³-hybridized carbons (Fsp3) is 0.278. The lowest BCUT2D eigenvalue weighted by Gasteiger charge is -2.26. The summed E-state index contributed by atoms with van der Waals surface area (Å²) >= 11 is 1.59. The van der Waals surface area contributed by atoms with Gasteiger partial charge < -0.3 is 4.90 Å². The van der Waals surface area contributed by atoms with E-state index in [9.17, 15) is 12.8 Å². The van der Waals surface area contributed by atoms with Crippen LogP contribution in [-0.2, 0) is 15.6 Å². The predicted octanol–water partition coefficient (Wildman–Crippen LogP) is 3.10. The smallest absolute Gasteiger partial charge is 0.164 e. The van der Waals surface area contributed by atoms with E-state index in [2.05, 4.69) is 17.1 Å². The Hall–Kier alpha value is -1.86. The van der Waals surface area contributed by atoms with Crippen LogP contribution in [0.2, 0.25) is 0 Å². The van der Waals surface area contributed by atoms with Crippen LogP contribution in [0.15, 0.2) is 59.6 Å². The van der Waals surface area contributed by atoms with E-state index < -0.39 is 9.84 Å². The molecule has 2 atom stereocenters. The molecule has 0 unspecified atom stereocenters. The highest BCUT2D eigenvalue weighted by atomic mass is 32.2. The molecule has 0 aromatic heterocycles. The summed E-state index contributed by atoms with van der Waals surface area (Å²) in [5.74, 6) is 0.622. The molecule has 1 fully saturated rings. The number of amidine groups is 1. The zero-order valence-corrected chi connectivity index (χ0v) is 15.0. The molecule has 0 N–H and O–H groups in total. The van der Waals surface area contributed by atoms with Gasteiger partial charge in [-0.15, -0.1) is 0 Å². The van der Waals surface area contributed by atoms with Crippen LogP contribution in [0.3, 0.4) is 0 Å². The molecule has 130 valence electrons. The number of anilines is 1. The minimum absolute atomic E-state index is 0.0881. The van der Waals surface area contributed by atoms with Crippen LogP contribution in [0.5, 0.6) is 0 Å². The fourth-order valence-electron chi connectivity index (χ4n) is 3.26. The molecule has 0 bridgehead atoms. The molecule has 7 heteroatoms. The van der Waals surface area contributed by atoms with Gasteiger partial charge in [-0.2, -0.15) is 0 Å². The highest BCUT2D eigenvalue weighted by Gasteiger charge is 2.47. The molecule has 2 aromatic rings. The summed E-state index contributed by atoms with van der Waals surface area (Å²) < 4.78 is 37.3. The van der Waals surface area contributed by atoms with E-state index in [1.54, 1.807) is 23.9 Å². The fourth-order valence-corrected chi connectivity index (χ4v) is 6.18. The molecule has 0 saturated carbocycles. The number of benzene rings is 2. The molecule has 4 rings (SSSR count). The van der Waals surface area contributed by atoms with Gasteiger partial charge in [0.2, 0.25) is 0 Å². The Morgan fingerprint density at radius 3 is 2.52 bits per heavy atom. The second kappa shape index (κ2) is 6.46. The molecule has 4 nitrogen and oxygen atoms in total. The molecule has 2 aliphatic rings. The Balaban J connectivity index is 1.62. The Bertz CT molecular complexity index is 898. The summed E-state index contributed by atoms with van der Waals surface area (Å²) in [6.07, 6.45) is 0. The van der Waals surface area contributed by atoms with Crippen molar-refractivity contribution in [3.63, 3.8) is 0 Å². The van der Waals surface area contributed by atoms with Gasteiger partial charge in [0.15, 0.2) is 15.0 Å². The number of aliphatic imine (C=N–C) groups is 1. The average Bonchev–Trinajstić information content (AvgIpc) is 3.06. The number of rotatable bonds is 3. The quantitative estimate of drug-likeness (QED) is 0.826. The normalized spacial score (nSPS) is 24.2. The van der Waals surface area contributed by atoms with Crippen molar-refractivity contribution in [3.8, 4) is 0 Å². The van der Waals surface area contributed by atoms with Crippen LogP contribution in [0.4, 0.5) is 10.1 Å². The summed E-state index contributed by atoms with van der Waals surface area (Å²) in [4.78, 5) is 6.63. The van der Waals surface area contributed by atoms with Crippen molar-refractivity contribution in [2.45, 2.75) is 17.8 Å². The lowest BCUT2D eigenvalue weighted by atomic mass is 10.1. The van der Waals surface area contributed by atoms with E-state index in [0.717, 1.165) is 16.6 Å². The molecule has 2 heterocycles. The molecule has 0 aliphatic carbocycles. The Kier molecular flexibility index (Phi) is 4.29. The van der Waals surface area contributed by atoms with Gasteiger partial charge in [0, 0.05) is 11.4 Å². The van der Waals surface area contributed by atoms with E-state index >= 15 is 0 Å². The summed E-state index contributed by atoms with van der Waals surface area (Å²) in [6, 6.07) is 15.8. The van der Waals surface area contributed by atoms with Crippen molar-refractivity contribution in [1.82, 2.24) is 0 Å². The van der Waals surface area contributed by atoms with Crippen LogP contribution in [0.1, 0.15) is 5.56 Å². The van der Waals surface area contributed by atoms with Gasteiger partial charge in [-0.1, -0.05) is 42.1 Å². The van der Waals surface area contributed by atoms with E-state index in [1.165, 1.54) is 17.7 Å². The number of halogens is 1. The van der Waals surface area contributed by atoms with E-state index in [1.807, 2.05) is 23.1 Å². The Labute approximate surface area is 150 Å². The van der Waals surface area contributed by atoms with Gasteiger partial charge in [0.05, 0.1) is 23.6 Å². The second-order valence-corrected chi connectivity index (χ2v) is 9.34. The van der Waals surface area contributed by atoms with E-state index in [4.69, 9.17) is 0 Å². The number of nitrogens with zero attached hydrogens (tertiary/aromatic N) is 2. The van der Waals surface area contributed by atoms with Crippen LogP contribution in [0, 0.1) is 5.82 Å². The first-order valence-electron chi connectivity index (χ1n) is 8.02. The third kappa shape index (κ3) is 3.43. The second-order valence-electron chi connectivity index (χ2n) is 6.24. The van der Waals surface area contributed by atoms with Crippen LogP contribution < -0.4 is 4.90 Å². The molecule has 0 amide bonds. The number of hydrogen-bond acceptors (Lipinski definition) is 5. The van der Waals surface area contributed by atoms with Crippen LogP contribution in [0.25, 0.3) is 0 Å². The highest BCUT2D eigenvalue weighted by molar-refractivity contribution is 8.13. The van der Waals surface area contributed by atoms with E-state index in [-0.39, 0.29) is 29.4 Å². The van der Waals surface area contributed by atoms with Crippen molar-refractivity contribution in [2.75, 3.05) is 16.4 Å². The number of hydrogen-bond donors (Lipinski definition) is 0. The van der Waals surface area contributed by atoms with Crippen molar-refractivity contribution in [2.24, 2.45) is 4.99 Å². The lowest BCUT2D eigenvalue weighted by molar-refractivity contribution is 0.601. The molecular weight excluding hydrogens is 359 g/mol. The molecule has 0 spiro atoms. The van der Waals surface area contributed by atoms with Gasteiger partial charge in [-0.25, -0.2) is 12.8 Å². The number of fused-ring (bicyclic) bond motifs is 1. The van der Waals surface area contributed by atoms with Crippen molar-refractivity contribution in [1.29, 1.82) is 0 Å². The average molecular weight is 376 g/mol. The first-order chi connectivity index (χ1) is 12.0. The summed E-state index contributed by atoms with van der Waals surface area (Å²) in [5, 5.41) is 0.806. The monoisotopic (exact) mass is 376 g/mol. The number of thioether (sulfide) groups is 1. The molecule has 25 heavy (non-hydrogen) atoms.